The molecule has 1 atom stereocenters. The molecule has 2 aromatic rings. The first-order valence-electron chi connectivity index (χ1n) is 8.69. The molecule has 0 aliphatic heterocycles. The van der Waals surface area contributed by atoms with Crippen molar-refractivity contribution in [2.45, 2.75) is 39.5 Å². The van der Waals surface area contributed by atoms with Gasteiger partial charge in [0.05, 0.1) is 29.0 Å². The SMILES string of the molecule is CCOc1cc(/C=N\Nc2ccc(C(F)(F)F)cn2)cc(Br)c1O[C@@H](C)CC. The molecule has 0 fully saturated rings. The van der Waals surface area contributed by atoms with E-state index in [0.717, 1.165) is 18.7 Å². The molecule has 0 bridgehead atoms. The van der Waals surface area contributed by atoms with E-state index in [2.05, 4.69) is 31.4 Å². The van der Waals surface area contributed by atoms with Gasteiger partial charge in [-0.15, -0.1) is 0 Å². The van der Waals surface area contributed by atoms with Crippen molar-refractivity contribution >= 4 is 28.0 Å². The molecule has 0 aliphatic carbocycles. The lowest BCUT2D eigenvalue weighted by Gasteiger charge is -2.18. The molecule has 0 spiro atoms. The van der Waals surface area contributed by atoms with E-state index in [0.29, 0.717) is 28.1 Å². The van der Waals surface area contributed by atoms with Crippen LogP contribution in [0.5, 0.6) is 11.5 Å². The Bertz CT molecular complexity index is 811. The summed E-state index contributed by atoms with van der Waals surface area (Å²) in [5.41, 5.74) is 2.50. The van der Waals surface area contributed by atoms with Crippen molar-refractivity contribution in [3.05, 3.63) is 46.1 Å². The molecule has 0 saturated heterocycles. The van der Waals surface area contributed by atoms with Crippen LogP contribution in [0.1, 0.15) is 38.3 Å². The number of hydrogen-bond donors (Lipinski definition) is 1. The van der Waals surface area contributed by atoms with Gasteiger partial charge in [-0.05, 0) is 66.0 Å². The second-order valence-corrected chi connectivity index (χ2v) is 6.75. The Morgan fingerprint density at radius 3 is 2.61 bits per heavy atom. The first kappa shape index (κ1) is 22.0. The molecule has 0 unspecified atom stereocenters. The second kappa shape index (κ2) is 9.77. The molecular weight excluding hydrogens is 439 g/mol. The number of anilines is 1. The van der Waals surface area contributed by atoms with Crippen molar-refractivity contribution in [1.29, 1.82) is 0 Å². The van der Waals surface area contributed by atoms with Crippen LogP contribution in [-0.4, -0.2) is 23.9 Å². The van der Waals surface area contributed by atoms with E-state index in [9.17, 15) is 13.2 Å². The largest absolute Gasteiger partial charge is 0.490 e. The molecule has 1 aromatic heterocycles. The Kier molecular flexibility index (Phi) is 7.68. The zero-order chi connectivity index (χ0) is 20.7. The van der Waals surface area contributed by atoms with Gasteiger partial charge in [0.1, 0.15) is 5.82 Å². The number of alkyl halides is 3. The van der Waals surface area contributed by atoms with Crippen LogP contribution < -0.4 is 14.9 Å². The Morgan fingerprint density at radius 2 is 2.04 bits per heavy atom. The maximum atomic E-state index is 12.5. The van der Waals surface area contributed by atoms with Crippen LogP contribution in [-0.2, 0) is 6.18 Å². The normalized spacial score (nSPS) is 12.8. The van der Waals surface area contributed by atoms with Crippen molar-refractivity contribution in [3.63, 3.8) is 0 Å². The van der Waals surface area contributed by atoms with Crippen molar-refractivity contribution in [1.82, 2.24) is 4.98 Å². The molecule has 0 radical (unpaired) electrons. The molecule has 1 N–H and O–H groups in total. The number of hydrazone groups is 1. The molecule has 5 nitrogen and oxygen atoms in total. The van der Waals surface area contributed by atoms with Crippen LogP contribution in [0.4, 0.5) is 19.0 Å². The molecule has 152 valence electrons. The lowest BCUT2D eigenvalue weighted by molar-refractivity contribution is -0.137. The third-order valence-corrected chi connectivity index (χ3v) is 4.30. The predicted octanol–water partition coefficient (Wildman–Crippen LogP) is 5.88. The number of ether oxygens (including phenoxy) is 2. The van der Waals surface area contributed by atoms with Gasteiger partial charge in [-0.25, -0.2) is 4.98 Å². The van der Waals surface area contributed by atoms with E-state index in [1.165, 1.54) is 12.3 Å². The Hall–Kier alpha value is -2.29. The second-order valence-electron chi connectivity index (χ2n) is 5.90. The van der Waals surface area contributed by atoms with E-state index in [1.807, 2.05) is 26.8 Å². The first-order valence-corrected chi connectivity index (χ1v) is 9.49. The minimum Gasteiger partial charge on any atom is -0.490 e. The number of aromatic nitrogens is 1. The molecule has 0 aliphatic rings. The van der Waals surface area contributed by atoms with Crippen LogP contribution in [0.25, 0.3) is 0 Å². The number of nitrogens with zero attached hydrogens (tertiary/aromatic N) is 2. The van der Waals surface area contributed by atoms with E-state index in [1.54, 1.807) is 6.07 Å². The quantitative estimate of drug-likeness (QED) is 0.395. The minimum absolute atomic E-state index is 0.0300. The van der Waals surface area contributed by atoms with Gasteiger partial charge in [0.2, 0.25) is 0 Å². The molecule has 1 aromatic carbocycles. The number of hydrogen-bond acceptors (Lipinski definition) is 5. The molecule has 0 amide bonds. The van der Waals surface area contributed by atoms with Crippen molar-refractivity contribution in [2.75, 3.05) is 12.0 Å². The van der Waals surface area contributed by atoms with Gasteiger partial charge in [-0.1, -0.05) is 6.92 Å². The van der Waals surface area contributed by atoms with E-state index >= 15 is 0 Å². The van der Waals surface area contributed by atoms with Gasteiger partial charge in [0.25, 0.3) is 0 Å². The summed E-state index contributed by atoms with van der Waals surface area (Å²) in [5, 5.41) is 4.02. The van der Waals surface area contributed by atoms with Crippen LogP contribution in [0.15, 0.2) is 40.0 Å². The highest BCUT2D eigenvalue weighted by Gasteiger charge is 2.30. The standard InChI is InChI=1S/C19H21BrF3N3O2/c1-4-12(3)28-18-15(20)8-13(9-16(18)27-5-2)10-25-26-17-7-6-14(11-24-17)19(21,22)23/h6-12H,4-5H2,1-3H3,(H,24,26)/b25-10-/t12-/m0/s1. The summed E-state index contributed by atoms with van der Waals surface area (Å²) in [6.45, 7) is 6.34. The highest BCUT2D eigenvalue weighted by molar-refractivity contribution is 9.10. The van der Waals surface area contributed by atoms with Gasteiger partial charge >= 0.3 is 6.18 Å². The number of pyridine rings is 1. The third-order valence-electron chi connectivity index (χ3n) is 3.71. The topological polar surface area (TPSA) is 55.7 Å². The average Bonchev–Trinajstić information content (AvgIpc) is 2.64. The van der Waals surface area contributed by atoms with Crippen LogP contribution in [0.2, 0.25) is 0 Å². The third kappa shape index (κ3) is 6.12. The van der Waals surface area contributed by atoms with Crippen LogP contribution in [0.3, 0.4) is 0 Å². The van der Waals surface area contributed by atoms with E-state index < -0.39 is 11.7 Å². The number of benzene rings is 1. The molecule has 0 saturated carbocycles. The Balaban J connectivity index is 2.14. The lowest BCUT2D eigenvalue weighted by atomic mass is 10.2. The lowest BCUT2D eigenvalue weighted by Crippen LogP contribution is -2.11. The van der Waals surface area contributed by atoms with Gasteiger partial charge in [-0.3, -0.25) is 5.43 Å². The smallest absolute Gasteiger partial charge is 0.417 e. The fourth-order valence-electron chi connectivity index (χ4n) is 2.12. The van der Waals surface area contributed by atoms with Gasteiger partial charge in [-0.2, -0.15) is 18.3 Å². The fraction of sp³-hybridized carbons (Fsp3) is 0.368. The van der Waals surface area contributed by atoms with Gasteiger partial charge < -0.3 is 9.47 Å². The summed E-state index contributed by atoms with van der Waals surface area (Å²) in [5.74, 6) is 1.39. The Labute approximate surface area is 170 Å². The summed E-state index contributed by atoms with van der Waals surface area (Å²) >= 11 is 3.48. The summed E-state index contributed by atoms with van der Waals surface area (Å²) in [7, 11) is 0. The molecule has 2 rings (SSSR count). The Morgan fingerprint density at radius 1 is 1.29 bits per heavy atom. The average molecular weight is 460 g/mol. The summed E-state index contributed by atoms with van der Waals surface area (Å²) < 4.78 is 49.9. The molecule has 1 heterocycles. The van der Waals surface area contributed by atoms with Gasteiger partial charge in [0, 0.05) is 6.20 Å². The van der Waals surface area contributed by atoms with E-state index in [-0.39, 0.29) is 11.9 Å². The summed E-state index contributed by atoms with van der Waals surface area (Å²) in [6, 6.07) is 5.74. The van der Waals surface area contributed by atoms with Crippen LogP contribution in [0, 0.1) is 0 Å². The number of nitrogens with one attached hydrogen (secondary N) is 1. The van der Waals surface area contributed by atoms with Crippen molar-refractivity contribution in [3.8, 4) is 11.5 Å². The number of halogens is 4. The maximum absolute atomic E-state index is 12.5. The molecular formula is C19H21BrF3N3O2. The zero-order valence-corrected chi connectivity index (χ0v) is 17.3. The molecule has 28 heavy (non-hydrogen) atoms. The van der Waals surface area contributed by atoms with Gasteiger partial charge in [0.15, 0.2) is 11.5 Å². The summed E-state index contributed by atoms with van der Waals surface area (Å²) in [4.78, 5) is 3.70. The van der Waals surface area contributed by atoms with Crippen molar-refractivity contribution in [2.24, 2.45) is 5.10 Å². The van der Waals surface area contributed by atoms with Crippen LogP contribution >= 0.6 is 15.9 Å². The minimum atomic E-state index is -4.42. The fourth-order valence-corrected chi connectivity index (χ4v) is 2.68. The predicted molar refractivity (Wildman–Crippen MR) is 106 cm³/mol. The van der Waals surface area contributed by atoms with Crippen molar-refractivity contribution < 1.29 is 22.6 Å². The highest BCUT2D eigenvalue weighted by atomic mass is 79.9. The number of rotatable bonds is 8. The maximum Gasteiger partial charge on any atom is 0.417 e. The monoisotopic (exact) mass is 459 g/mol. The molecule has 9 heteroatoms. The van der Waals surface area contributed by atoms with E-state index in [4.69, 9.17) is 9.47 Å². The zero-order valence-electron chi connectivity index (χ0n) is 15.7. The first-order chi connectivity index (χ1) is 13.2. The summed E-state index contributed by atoms with van der Waals surface area (Å²) in [6.07, 6.45) is -1.27. The highest BCUT2D eigenvalue weighted by Crippen LogP contribution is 2.37.